The van der Waals surface area contributed by atoms with Crippen LogP contribution in [0.15, 0.2) is 36.4 Å². The smallest absolute Gasteiger partial charge is 0.127 e. The van der Waals surface area contributed by atoms with Gasteiger partial charge in [0.05, 0.1) is 16.1 Å². The highest BCUT2D eigenvalue weighted by Crippen LogP contribution is 2.32. The van der Waals surface area contributed by atoms with Crippen LogP contribution in [0, 0.1) is 5.82 Å². The number of hydrogen-bond acceptors (Lipinski definition) is 1. The molecular formula is C14H10Cl3FO. The van der Waals surface area contributed by atoms with Gasteiger partial charge in [-0.05, 0) is 23.8 Å². The Kier molecular flexibility index (Phi) is 4.69. The maximum atomic E-state index is 13.7. The summed E-state index contributed by atoms with van der Waals surface area (Å²) < 4.78 is 13.7. The second-order valence-electron chi connectivity index (χ2n) is 4.10. The minimum atomic E-state index is -0.929. The topological polar surface area (TPSA) is 20.2 Å². The quantitative estimate of drug-likeness (QED) is 0.838. The van der Waals surface area contributed by atoms with Gasteiger partial charge in [-0.1, -0.05) is 53.0 Å². The molecule has 0 radical (unpaired) electrons. The largest absolute Gasteiger partial charge is 0.388 e. The lowest BCUT2D eigenvalue weighted by molar-refractivity contribution is 0.177. The Balaban J connectivity index is 2.25. The molecule has 0 aliphatic heterocycles. The van der Waals surface area contributed by atoms with Crippen molar-refractivity contribution in [2.45, 2.75) is 12.5 Å². The van der Waals surface area contributed by atoms with Gasteiger partial charge in [0.25, 0.3) is 0 Å². The van der Waals surface area contributed by atoms with Crippen LogP contribution in [-0.4, -0.2) is 5.11 Å². The van der Waals surface area contributed by atoms with E-state index in [1.807, 2.05) is 0 Å². The molecule has 2 aromatic rings. The van der Waals surface area contributed by atoms with Gasteiger partial charge in [0.15, 0.2) is 0 Å². The van der Waals surface area contributed by atoms with Crippen molar-refractivity contribution in [1.82, 2.24) is 0 Å². The monoisotopic (exact) mass is 318 g/mol. The van der Waals surface area contributed by atoms with Gasteiger partial charge in [-0.3, -0.25) is 0 Å². The molecule has 100 valence electrons. The van der Waals surface area contributed by atoms with Crippen LogP contribution < -0.4 is 0 Å². The van der Waals surface area contributed by atoms with Crippen LogP contribution in [0.2, 0.25) is 15.1 Å². The van der Waals surface area contributed by atoms with Gasteiger partial charge in [0.1, 0.15) is 5.82 Å². The van der Waals surface area contributed by atoms with Crippen LogP contribution in [0.1, 0.15) is 17.2 Å². The molecule has 0 saturated carbocycles. The Morgan fingerprint density at radius 1 is 1.11 bits per heavy atom. The number of benzene rings is 2. The van der Waals surface area contributed by atoms with Crippen LogP contribution in [0.5, 0.6) is 0 Å². The molecule has 0 spiro atoms. The molecule has 1 N–H and O–H groups in total. The van der Waals surface area contributed by atoms with Gasteiger partial charge < -0.3 is 5.11 Å². The predicted octanol–water partition coefficient (Wildman–Crippen LogP) is 5.06. The lowest BCUT2D eigenvalue weighted by atomic mass is 10.0. The average Bonchev–Trinajstić information content (AvgIpc) is 2.36. The Hall–Kier alpha value is -0.800. The third kappa shape index (κ3) is 3.40. The van der Waals surface area contributed by atoms with E-state index in [1.165, 1.54) is 6.07 Å². The molecule has 0 saturated heterocycles. The van der Waals surface area contributed by atoms with Crippen LogP contribution in [0.3, 0.4) is 0 Å². The van der Waals surface area contributed by atoms with Crippen molar-refractivity contribution in [2.24, 2.45) is 0 Å². The van der Waals surface area contributed by atoms with Crippen molar-refractivity contribution < 1.29 is 9.50 Å². The maximum absolute atomic E-state index is 13.7. The second kappa shape index (κ2) is 6.10. The summed E-state index contributed by atoms with van der Waals surface area (Å²) in [6, 6.07) is 9.30. The highest BCUT2D eigenvalue weighted by atomic mass is 35.5. The van der Waals surface area contributed by atoms with Crippen LogP contribution in [0.25, 0.3) is 0 Å². The van der Waals surface area contributed by atoms with Crippen molar-refractivity contribution in [3.63, 3.8) is 0 Å². The lowest BCUT2D eigenvalue weighted by Gasteiger charge is -2.14. The fraction of sp³-hybridized carbons (Fsp3) is 0.143. The molecule has 0 aromatic heterocycles. The van der Waals surface area contributed by atoms with E-state index >= 15 is 0 Å². The summed E-state index contributed by atoms with van der Waals surface area (Å²) in [5, 5.41) is 11.1. The van der Waals surface area contributed by atoms with Gasteiger partial charge in [0.2, 0.25) is 0 Å². The van der Waals surface area contributed by atoms with Crippen molar-refractivity contribution in [3.05, 3.63) is 68.4 Å². The van der Waals surface area contributed by atoms with Gasteiger partial charge >= 0.3 is 0 Å². The zero-order valence-electron chi connectivity index (χ0n) is 9.71. The molecule has 0 aliphatic rings. The standard InChI is InChI=1S/C14H10Cl3FO/c15-9-5-4-8(12(18)7-9)6-13(19)10-2-1-3-11(16)14(10)17/h1-5,7,13,19H,6H2. The summed E-state index contributed by atoms with van der Waals surface area (Å²) in [4.78, 5) is 0. The van der Waals surface area contributed by atoms with Crippen molar-refractivity contribution >= 4 is 34.8 Å². The van der Waals surface area contributed by atoms with Crippen molar-refractivity contribution in [1.29, 1.82) is 0 Å². The van der Waals surface area contributed by atoms with E-state index in [9.17, 15) is 9.50 Å². The van der Waals surface area contributed by atoms with E-state index in [1.54, 1.807) is 30.3 Å². The summed E-state index contributed by atoms with van der Waals surface area (Å²) in [5.74, 6) is -0.454. The predicted molar refractivity (Wildman–Crippen MR) is 76.5 cm³/mol. The first-order valence-electron chi connectivity index (χ1n) is 5.55. The molecule has 0 fully saturated rings. The first-order valence-corrected chi connectivity index (χ1v) is 6.68. The van der Waals surface area contributed by atoms with Gasteiger partial charge in [-0.25, -0.2) is 4.39 Å². The summed E-state index contributed by atoms with van der Waals surface area (Å²) in [6.07, 6.45) is -0.829. The highest BCUT2D eigenvalue weighted by molar-refractivity contribution is 6.42. The molecule has 1 unspecified atom stereocenters. The molecule has 0 bridgehead atoms. The highest BCUT2D eigenvalue weighted by Gasteiger charge is 2.16. The third-order valence-electron chi connectivity index (χ3n) is 2.77. The summed E-state index contributed by atoms with van der Waals surface area (Å²) in [6.45, 7) is 0. The molecule has 19 heavy (non-hydrogen) atoms. The first-order chi connectivity index (χ1) is 8.99. The molecule has 0 amide bonds. The number of halogens is 4. The van der Waals surface area contributed by atoms with Crippen molar-refractivity contribution in [3.8, 4) is 0 Å². The van der Waals surface area contributed by atoms with E-state index in [0.29, 0.717) is 21.2 Å². The molecule has 2 rings (SSSR count). The number of rotatable bonds is 3. The Labute approximate surface area is 125 Å². The van der Waals surface area contributed by atoms with Gasteiger partial charge in [-0.15, -0.1) is 0 Å². The zero-order valence-corrected chi connectivity index (χ0v) is 12.0. The van der Waals surface area contributed by atoms with Gasteiger partial charge in [-0.2, -0.15) is 0 Å². The summed E-state index contributed by atoms with van der Waals surface area (Å²) in [7, 11) is 0. The molecule has 1 nitrogen and oxygen atoms in total. The average molecular weight is 320 g/mol. The van der Waals surface area contributed by atoms with E-state index < -0.39 is 11.9 Å². The maximum Gasteiger partial charge on any atom is 0.127 e. The molecular weight excluding hydrogens is 310 g/mol. The van der Waals surface area contributed by atoms with Crippen LogP contribution in [-0.2, 0) is 6.42 Å². The molecule has 2 aromatic carbocycles. The SMILES string of the molecule is OC(Cc1ccc(Cl)cc1F)c1cccc(Cl)c1Cl. The fourth-order valence-electron chi connectivity index (χ4n) is 1.78. The van der Waals surface area contributed by atoms with E-state index in [-0.39, 0.29) is 11.4 Å². The van der Waals surface area contributed by atoms with Crippen LogP contribution >= 0.6 is 34.8 Å². The minimum absolute atomic E-state index is 0.100. The lowest BCUT2D eigenvalue weighted by Crippen LogP contribution is -2.04. The van der Waals surface area contributed by atoms with Crippen LogP contribution in [0.4, 0.5) is 4.39 Å². The second-order valence-corrected chi connectivity index (χ2v) is 5.32. The van der Waals surface area contributed by atoms with E-state index in [0.717, 1.165) is 0 Å². The van der Waals surface area contributed by atoms with Crippen molar-refractivity contribution in [2.75, 3.05) is 0 Å². The van der Waals surface area contributed by atoms with E-state index in [2.05, 4.69) is 0 Å². The Morgan fingerprint density at radius 2 is 1.84 bits per heavy atom. The molecule has 0 heterocycles. The molecule has 0 aliphatic carbocycles. The number of hydrogen-bond donors (Lipinski definition) is 1. The Morgan fingerprint density at radius 3 is 2.53 bits per heavy atom. The fourth-order valence-corrected chi connectivity index (χ4v) is 2.38. The normalized spacial score (nSPS) is 12.5. The Bertz CT molecular complexity index is 601. The summed E-state index contributed by atoms with van der Waals surface area (Å²) in [5.41, 5.74) is 0.844. The molecule has 1 atom stereocenters. The summed E-state index contributed by atoms with van der Waals surface area (Å²) >= 11 is 17.6. The first kappa shape index (κ1) is 14.6. The minimum Gasteiger partial charge on any atom is -0.388 e. The van der Waals surface area contributed by atoms with E-state index in [4.69, 9.17) is 34.8 Å². The number of aliphatic hydroxyl groups is 1. The zero-order chi connectivity index (χ0) is 14.0. The molecule has 5 heteroatoms. The number of aliphatic hydroxyl groups excluding tert-OH is 1. The third-order valence-corrected chi connectivity index (χ3v) is 3.84. The van der Waals surface area contributed by atoms with Gasteiger partial charge in [0, 0.05) is 17.0 Å².